The maximum atomic E-state index is 14.8. The van der Waals surface area contributed by atoms with E-state index in [4.69, 9.17) is 26.1 Å². The lowest BCUT2D eigenvalue weighted by Gasteiger charge is -2.14. The van der Waals surface area contributed by atoms with Gasteiger partial charge >= 0.3 is 13.9 Å². The topological polar surface area (TPSA) is 189 Å². The summed E-state index contributed by atoms with van der Waals surface area (Å²) in [6.45, 7) is 3.45. The standard InChI is InChI=1S/C17H21FN7O6P.C2H6/c1-24(20)23-16(19)22-15-5-2-10(7-21-15)13-4-3-11(6-14(13)18)25-8-12(31-17(25)26)9-30-32(27,28)29;1-2/h2-7,12H,8-9,20H2,1H3,(H2,27,28,29)(H3,19,21,22,23);1-2H3. The number of anilines is 1. The highest BCUT2D eigenvalue weighted by atomic mass is 31.2. The van der Waals surface area contributed by atoms with Gasteiger partial charge in [0.1, 0.15) is 11.9 Å². The highest BCUT2D eigenvalue weighted by molar-refractivity contribution is 7.46. The molecule has 1 aromatic carbocycles. The van der Waals surface area contributed by atoms with E-state index in [9.17, 15) is 13.8 Å². The first-order valence-electron chi connectivity index (χ1n) is 10.1. The van der Waals surface area contributed by atoms with Crippen molar-refractivity contribution >= 4 is 31.4 Å². The Morgan fingerprint density at radius 3 is 2.68 bits per heavy atom. The molecule has 7 N–H and O–H groups in total. The molecule has 15 heteroatoms. The third kappa shape index (κ3) is 7.73. The molecule has 1 saturated heterocycles. The van der Waals surface area contributed by atoms with Crippen molar-refractivity contribution in [1.82, 2.24) is 15.5 Å². The molecule has 34 heavy (non-hydrogen) atoms. The average Bonchev–Trinajstić information content (AvgIpc) is 3.14. The maximum absolute atomic E-state index is 14.8. The molecule has 0 saturated carbocycles. The summed E-state index contributed by atoms with van der Waals surface area (Å²) in [4.78, 5) is 38.8. The lowest BCUT2D eigenvalue weighted by molar-refractivity contribution is 0.0880. The van der Waals surface area contributed by atoms with Crippen LogP contribution in [0.15, 0.2) is 41.5 Å². The third-order valence-electron chi connectivity index (χ3n) is 4.15. The van der Waals surface area contributed by atoms with Gasteiger partial charge in [0, 0.05) is 24.4 Å². The Balaban J connectivity index is 0.00000199. The number of amides is 1. The number of aliphatic imine (C=N–C) groups is 1. The Bertz CT molecular complexity index is 1060. The van der Waals surface area contributed by atoms with Crippen LogP contribution < -0.4 is 21.9 Å². The van der Waals surface area contributed by atoms with E-state index < -0.39 is 32.4 Å². The predicted molar refractivity (Wildman–Crippen MR) is 123 cm³/mol. The second-order valence-corrected chi connectivity index (χ2v) is 7.93. The summed E-state index contributed by atoms with van der Waals surface area (Å²) < 4.78 is 34.9. The van der Waals surface area contributed by atoms with Gasteiger partial charge < -0.3 is 20.3 Å². The van der Waals surface area contributed by atoms with Crippen LogP contribution in [0.25, 0.3) is 11.1 Å². The smallest absolute Gasteiger partial charge is 0.441 e. The minimum atomic E-state index is -4.70. The fourth-order valence-corrected chi connectivity index (χ4v) is 3.21. The van der Waals surface area contributed by atoms with Gasteiger partial charge in [0.25, 0.3) is 0 Å². The lowest BCUT2D eigenvalue weighted by Crippen LogP contribution is -2.47. The molecule has 3 rings (SSSR count). The van der Waals surface area contributed by atoms with Gasteiger partial charge in [-0.3, -0.25) is 20.7 Å². The van der Waals surface area contributed by atoms with Crippen LogP contribution in [0.1, 0.15) is 13.8 Å². The molecule has 13 nitrogen and oxygen atoms in total. The van der Waals surface area contributed by atoms with Crippen LogP contribution in [-0.4, -0.2) is 58.2 Å². The summed E-state index contributed by atoms with van der Waals surface area (Å²) in [6.07, 6.45) is -0.276. The molecular formula is C19H27FN7O6P. The lowest BCUT2D eigenvalue weighted by atomic mass is 10.1. The van der Waals surface area contributed by atoms with E-state index in [-0.39, 0.29) is 29.6 Å². The number of nitrogens with one attached hydrogen (secondary N) is 1. The van der Waals surface area contributed by atoms with Crippen molar-refractivity contribution < 1.29 is 32.8 Å². The normalized spacial score (nSPS) is 16.2. The quantitative estimate of drug-likeness (QED) is 0.122. The SMILES string of the molecule is CC.CN(N)NC(N)=Nc1ccc(-c2ccc(N3CC(COP(=O)(O)O)OC3=O)cc2F)cn1. The van der Waals surface area contributed by atoms with Crippen molar-refractivity contribution in [2.75, 3.05) is 25.1 Å². The number of hydrogen-bond donors (Lipinski definition) is 5. The fourth-order valence-electron chi connectivity index (χ4n) is 2.85. The molecule has 2 aromatic rings. The number of carbonyl (C=O) groups is 1. The summed E-state index contributed by atoms with van der Waals surface area (Å²) >= 11 is 0. The number of carbonyl (C=O) groups excluding carboxylic acids is 1. The van der Waals surface area contributed by atoms with Gasteiger partial charge in [-0.15, -0.1) is 0 Å². The van der Waals surface area contributed by atoms with Crippen LogP contribution >= 0.6 is 7.82 Å². The fraction of sp³-hybridized carbons (Fsp3) is 0.316. The molecule has 1 aromatic heterocycles. The monoisotopic (exact) mass is 499 g/mol. The number of hydrogen-bond acceptors (Lipinski definition) is 8. The van der Waals surface area contributed by atoms with Gasteiger partial charge in [0.2, 0.25) is 5.96 Å². The van der Waals surface area contributed by atoms with E-state index in [0.29, 0.717) is 5.56 Å². The molecule has 1 atom stereocenters. The molecule has 2 heterocycles. The number of phosphoric ester groups is 1. The number of nitrogens with zero attached hydrogens (tertiary/aromatic N) is 4. The number of phosphoric acid groups is 1. The molecule has 0 radical (unpaired) electrons. The number of hydrazine groups is 2. The number of halogens is 1. The highest BCUT2D eigenvalue weighted by Crippen LogP contribution is 2.37. The van der Waals surface area contributed by atoms with E-state index in [0.717, 1.165) is 16.1 Å². The van der Waals surface area contributed by atoms with Crippen LogP contribution in [0.4, 0.5) is 20.7 Å². The van der Waals surface area contributed by atoms with Gasteiger partial charge in [-0.25, -0.2) is 18.7 Å². The molecule has 0 aliphatic carbocycles. The number of pyridine rings is 1. The van der Waals surface area contributed by atoms with Crippen molar-refractivity contribution in [2.45, 2.75) is 20.0 Å². The number of nitrogens with two attached hydrogens (primary N) is 2. The van der Waals surface area contributed by atoms with Crippen LogP contribution in [-0.2, 0) is 13.8 Å². The maximum Gasteiger partial charge on any atom is 0.469 e. The van der Waals surface area contributed by atoms with E-state index in [1.807, 2.05) is 13.8 Å². The molecule has 1 aliphatic heterocycles. The zero-order chi connectivity index (χ0) is 25.5. The van der Waals surface area contributed by atoms with Gasteiger partial charge in [-0.2, -0.15) is 10.1 Å². The second kappa shape index (κ2) is 11.8. The number of benzene rings is 1. The zero-order valence-electron chi connectivity index (χ0n) is 18.8. The van der Waals surface area contributed by atoms with E-state index in [1.165, 1.54) is 31.4 Å². The van der Waals surface area contributed by atoms with Gasteiger partial charge in [0.05, 0.1) is 18.8 Å². The van der Waals surface area contributed by atoms with Crippen molar-refractivity contribution in [1.29, 1.82) is 0 Å². The van der Waals surface area contributed by atoms with Crippen molar-refractivity contribution in [2.24, 2.45) is 16.6 Å². The summed E-state index contributed by atoms with van der Waals surface area (Å²) in [5.74, 6) is 5.08. The molecule has 1 fully saturated rings. The Hall–Kier alpha value is -3.13. The van der Waals surface area contributed by atoms with E-state index >= 15 is 0 Å². The van der Waals surface area contributed by atoms with Crippen LogP contribution in [0.2, 0.25) is 0 Å². The predicted octanol–water partition coefficient (Wildman–Crippen LogP) is 1.60. The average molecular weight is 499 g/mol. The Morgan fingerprint density at radius 1 is 1.41 bits per heavy atom. The van der Waals surface area contributed by atoms with Crippen LogP contribution in [0.3, 0.4) is 0 Å². The summed E-state index contributed by atoms with van der Waals surface area (Å²) in [6, 6.07) is 7.27. The number of guanidine groups is 1. The molecule has 186 valence electrons. The number of aromatic nitrogens is 1. The van der Waals surface area contributed by atoms with Gasteiger partial charge in [0.15, 0.2) is 5.82 Å². The van der Waals surface area contributed by atoms with Crippen molar-refractivity contribution in [3.8, 4) is 11.1 Å². The molecule has 1 aliphatic rings. The number of ether oxygens (including phenoxy) is 1. The summed E-state index contributed by atoms with van der Waals surface area (Å²) in [5.41, 5.74) is 9.11. The Kier molecular flexibility index (Phi) is 9.44. The van der Waals surface area contributed by atoms with Crippen molar-refractivity contribution in [3.05, 3.63) is 42.3 Å². The first kappa shape index (κ1) is 27.1. The second-order valence-electron chi connectivity index (χ2n) is 6.69. The molecule has 0 bridgehead atoms. The molecule has 1 unspecified atom stereocenters. The first-order valence-corrected chi connectivity index (χ1v) is 11.6. The van der Waals surface area contributed by atoms with Gasteiger partial charge in [-0.1, -0.05) is 13.8 Å². The van der Waals surface area contributed by atoms with Gasteiger partial charge in [-0.05, 0) is 30.3 Å². The van der Waals surface area contributed by atoms with E-state index in [1.54, 1.807) is 6.07 Å². The minimum absolute atomic E-state index is 0.0211. The minimum Gasteiger partial charge on any atom is -0.441 e. The molecule has 0 spiro atoms. The molecule has 1 amide bonds. The number of cyclic esters (lactones) is 1. The largest absolute Gasteiger partial charge is 0.469 e. The van der Waals surface area contributed by atoms with E-state index in [2.05, 4.69) is 19.9 Å². The van der Waals surface area contributed by atoms with Crippen LogP contribution in [0.5, 0.6) is 0 Å². The first-order chi connectivity index (χ1) is 16.0. The number of rotatable bonds is 7. The highest BCUT2D eigenvalue weighted by Gasteiger charge is 2.34. The Morgan fingerprint density at radius 2 is 2.12 bits per heavy atom. The van der Waals surface area contributed by atoms with Crippen LogP contribution in [0, 0.1) is 5.82 Å². The Labute approximate surface area is 195 Å². The summed E-state index contributed by atoms with van der Waals surface area (Å²) in [7, 11) is -3.17. The molecular weight excluding hydrogens is 472 g/mol. The zero-order valence-corrected chi connectivity index (χ0v) is 19.6. The summed E-state index contributed by atoms with van der Waals surface area (Å²) in [5, 5.41) is 1.12. The third-order valence-corrected chi connectivity index (χ3v) is 4.64. The van der Waals surface area contributed by atoms with Crippen molar-refractivity contribution in [3.63, 3.8) is 0 Å².